The molecule has 2 heterocycles. The van der Waals surface area contributed by atoms with Crippen LogP contribution < -0.4 is 5.32 Å². The molecule has 3 rings (SSSR count). The molecule has 0 unspecified atom stereocenters. The average molecular weight is 244 g/mol. The maximum atomic E-state index is 12.2. The maximum absolute atomic E-state index is 12.2. The van der Waals surface area contributed by atoms with E-state index in [-0.39, 0.29) is 5.91 Å². The average Bonchev–Trinajstić information content (AvgIpc) is 2.79. The Balaban J connectivity index is 1.59. The van der Waals surface area contributed by atoms with Crippen molar-refractivity contribution in [2.24, 2.45) is 5.41 Å². The molecule has 0 aromatic heterocycles. The van der Waals surface area contributed by atoms with Crippen LogP contribution in [0.3, 0.4) is 0 Å². The second-order valence-electron chi connectivity index (χ2n) is 5.78. The van der Waals surface area contributed by atoms with E-state index < -0.39 is 0 Å². The third-order valence-corrected chi connectivity index (χ3v) is 4.34. The molecule has 2 aliphatic heterocycles. The quantitative estimate of drug-likeness (QED) is 0.852. The number of hydrogen-bond donors (Lipinski definition) is 1. The van der Waals surface area contributed by atoms with Gasteiger partial charge < -0.3 is 10.2 Å². The standard InChI is InChI=1S/C15H20N2O/c1-12-4-2-3-5-13(12)8-14(18)17-10-15(11-17)6-7-16-9-15/h2-5,16H,6-11H2,1H3. The van der Waals surface area contributed by atoms with Crippen molar-refractivity contribution in [3.63, 3.8) is 0 Å². The monoisotopic (exact) mass is 244 g/mol. The SMILES string of the molecule is Cc1ccccc1CC(=O)N1CC2(CCNC2)C1. The van der Waals surface area contributed by atoms with E-state index in [4.69, 9.17) is 0 Å². The number of benzene rings is 1. The van der Waals surface area contributed by atoms with Crippen LogP contribution in [0.1, 0.15) is 17.5 Å². The largest absolute Gasteiger partial charge is 0.341 e. The molecular formula is C15H20N2O. The van der Waals surface area contributed by atoms with Crippen LogP contribution in [-0.2, 0) is 11.2 Å². The highest BCUT2D eigenvalue weighted by atomic mass is 16.2. The van der Waals surface area contributed by atoms with Crippen LogP contribution in [0, 0.1) is 12.3 Å². The summed E-state index contributed by atoms with van der Waals surface area (Å²) in [5.74, 6) is 0.279. The number of rotatable bonds is 2. The first-order valence-corrected chi connectivity index (χ1v) is 6.72. The Hall–Kier alpha value is -1.35. The van der Waals surface area contributed by atoms with E-state index in [0.717, 1.165) is 31.7 Å². The number of likely N-dealkylation sites (tertiary alicyclic amines) is 1. The summed E-state index contributed by atoms with van der Waals surface area (Å²) < 4.78 is 0. The first-order valence-electron chi connectivity index (χ1n) is 6.72. The van der Waals surface area contributed by atoms with Crippen molar-refractivity contribution in [3.8, 4) is 0 Å². The molecule has 1 aromatic carbocycles. The van der Waals surface area contributed by atoms with E-state index in [2.05, 4.69) is 24.4 Å². The summed E-state index contributed by atoms with van der Waals surface area (Å²) in [6, 6.07) is 8.15. The normalized spacial score (nSPS) is 21.1. The molecule has 2 aliphatic rings. The molecule has 96 valence electrons. The fourth-order valence-corrected chi connectivity index (χ4v) is 3.09. The first kappa shape index (κ1) is 11.7. The molecule has 1 aromatic rings. The lowest BCUT2D eigenvalue weighted by Crippen LogP contribution is -2.59. The molecule has 0 saturated carbocycles. The van der Waals surface area contributed by atoms with Gasteiger partial charge in [-0.05, 0) is 31.0 Å². The molecule has 3 nitrogen and oxygen atoms in total. The molecule has 1 N–H and O–H groups in total. The van der Waals surface area contributed by atoms with Crippen molar-refractivity contribution in [2.45, 2.75) is 19.8 Å². The van der Waals surface area contributed by atoms with Crippen LogP contribution in [0.15, 0.2) is 24.3 Å². The highest BCUT2D eigenvalue weighted by molar-refractivity contribution is 5.80. The van der Waals surface area contributed by atoms with Gasteiger partial charge in [0.2, 0.25) is 5.91 Å². The highest BCUT2D eigenvalue weighted by Crippen LogP contribution is 2.36. The topological polar surface area (TPSA) is 32.3 Å². The zero-order valence-electron chi connectivity index (χ0n) is 10.9. The van der Waals surface area contributed by atoms with Crippen molar-refractivity contribution in [1.82, 2.24) is 10.2 Å². The van der Waals surface area contributed by atoms with Gasteiger partial charge in [0.1, 0.15) is 0 Å². The molecule has 3 heteroatoms. The second kappa shape index (κ2) is 4.39. The molecule has 0 aliphatic carbocycles. The fraction of sp³-hybridized carbons (Fsp3) is 0.533. The van der Waals surface area contributed by atoms with Crippen LogP contribution in [0.2, 0.25) is 0 Å². The van der Waals surface area contributed by atoms with Gasteiger partial charge in [0.05, 0.1) is 6.42 Å². The van der Waals surface area contributed by atoms with Gasteiger partial charge in [-0.3, -0.25) is 4.79 Å². The second-order valence-corrected chi connectivity index (χ2v) is 5.78. The number of nitrogens with zero attached hydrogens (tertiary/aromatic N) is 1. The van der Waals surface area contributed by atoms with E-state index in [1.54, 1.807) is 0 Å². The minimum absolute atomic E-state index is 0.279. The fourth-order valence-electron chi connectivity index (χ4n) is 3.09. The van der Waals surface area contributed by atoms with Crippen molar-refractivity contribution < 1.29 is 4.79 Å². The maximum Gasteiger partial charge on any atom is 0.227 e. The van der Waals surface area contributed by atoms with Crippen molar-refractivity contribution in [2.75, 3.05) is 26.2 Å². The number of carbonyl (C=O) groups is 1. The zero-order chi connectivity index (χ0) is 12.6. The van der Waals surface area contributed by atoms with E-state index in [0.29, 0.717) is 11.8 Å². The minimum Gasteiger partial charge on any atom is -0.341 e. The molecule has 0 bridgehead atoms. The van der Waals surface area contributed by atoms with Gasteiger partial charge in [0.15, 0.2) is 0 Å². The van der Waals surface area contributed by atoms with Crippen LogP contribution in [0.5, 0.6) is 0 Å². The van der Waals surface area contributed by atoms with E-state index in [9.17, 15) is 4.79 Å². The molecule has 18 heavy (non-hydrogen) atoms. The van der Waals surface area contributed by atoms with Crippen molar-refractivity contribution >= 4 is 5.91 Å². The molecule has 2 fully saturated rings. The summed E-state index contributed by atoms with van der Waals surface area (Å²) in [6.07, 6.45) is 1.78. The number of amides is 1. The molecule has 1 spiro atoms. The number of aryl methyl sites for hydroxylation is 1. The summed E-state index contributed by atoms with van der Waals surface area (Å²) in [4.78, 5) is 14.2. The molecule has 1 amide bonds. The first-order chi connectivity index (χ1) is 8.69. The lowest BCUT2D eigenvalue weighted by atomic mass is 9.79. The van der Waals surface area contributed by atoms with E-state index in [1.807, 2.05) is 17.0 Å². The highest BCUT2D eigenvalue weighted by Gasteiger charge is 2.46. The summed E-state index contributed by atoms with van der Waals surface area (Å²) >= 11 is 0. The van der Waals surface area contributed by atoms with Gasteiger partial charge in [-0.25, -0.2) is 0 Å². The zero-order valence-corrected chi connectivity index (χ0v) is 10.9. The summed E-state index contributed by atoms with van der Waals surface area (Å²) in [7, 11) is 0. The Morgan fingerprint density at radius 3 is 2.83 bits per heavy atom. The Morgan fingerprint density at radius 2 is 2.17 bits per heavy atom. The van der Waals surface area contributed by atoms with Gasteiger partial charge >= 0.3 is 0 Å². The number of hydrogen-bond acceptors (Lipinski definition) is 2. The van der Waals surface area contributed by atoms with Gasteiger partial charge in [0, 0.05) is 25.0 Å². The smallest absolute Gasteiger partial charge is 0.227 e. The van der Waals surface area contributed by atoms with Crippen LogP contribution >= 0.6 is 0 Å². The summed E-state index contributed by atoms with van der Waals surface area (Å²) in [5, 5.41) is 3.40. The van der Waals surface area contributed by atoms with Crippen LogP contribution in [0.25, 0.3) is 0 Å². The minimum atomic E-state index is 0.279. The summed E-state index contributed by atoms with van der Waals surface area (Å²) in [6.45, 7) is 6.16. The Kier molecular flexibility index (Phi) is 2.86. The lowest BCUT2D eigenvalue weighted by molar-refractivity contribution is -0.141. The van der Waals surface area contributed by atoms with Crippen molar-refractivity contribution in [1.29, 1.82) is 0 Å². The van der Waals surface area contributed by atoms with Gasteiger partial charge in [-0.15, -0.1) is 0 Å². The summed E-state index contributed by atoms with van der Waals surface area (Å²) in [5.41, 5.74) is 2.78. The van der Waals surface area contributed by atoms with Crippen molar-refractivity contribution in [3.05, 3.63) is 35.4 Å². The Morgan fingerprint density at radius 1 is 1.39 bits per heavy atom. The third-order valence-electron chi connectivity index (χ3n) is 4.34. The number of carbonyl (C=O) groups excluding carboxylic acids is 1. The Labute approximate surface area is 108 Å². The third kappa shape index (κ3) is 2.03. The Bertz CT molecular complexity index is 455. The molecule has 0 atom stereocenters. The van der Waals surface area contributed by atoms with Gasteiger partial charge in [0.25, 0.3) is 0 Å². The number of nitrogens with one attached hydrogen (secondary N) is 1. The molecule has 0 radical (unpaired) electrons. The van der Waals surface area contributed by atoms with Gasteiger partial charge in [-0.1, -0.05) is 24.3 Å². The molecule has 2 saturated heterocycles. The van der Waals surface area contributed by atoms with Gasteiger partial charge in [-0.2, -0.15) is 0 Å². The lowest BCUT2D eigenvalue weighted by Gasteiger charge is -2.47. The van der Waals surface area contributed by atoms with E-state index >= 15 is 0 Å². The van der Waals surface area contributed by atoms with Crippen LogP contribution in [0.4, 0.5) is 0 Å². The predicted octanol–water partition coefficient (Wildman–Crippen LogP) is 1.36. The van der Waals surface area contributed by atoms with Crippen LogP contribution in [-0.4, -0.2) is 37.0 Å². The van der Waals surface area contributed by atoms with E-state index in [1.165, 1.54) is 12.0 Å². The predicted molar refractivity (Wildman–Crippen MR) is 71.4 cm³/mol. The molecular weight excluding hydrogens is 224 g/mol.